The Labute approximate surface area is 139 Å². The second-order valence-electron chi connectivity index (χ2n) is 6.05. The number of aromatic nitrogens is 1. The van der Waals surface area contributed by atoms with Gasteiger partial charge >= 0.3 is 0 Å². The topological polar surface area (TPSA) is 78.6 Å². The van der Waals surface area contributed by atoms with E-state index in [-0.39, 0.29) is 24.8 Å². The van der Waals surface area contributed by atoms with Crippen LogP contribution >= 0.6 is 0 Å². The summed E-state index contributed by atoms with van der Waals surface area (Å²) in [7, 11) is 0. The highest BCUT2D eigenvalue weighted by Gasteiger charge is 2.41. The van der Waals surface area contributed by atoms with Gasteiger partial charge in [0.1, 0.15) is 12.1 Å². The number of nitrogens with one attached hydrogen (secondary N) is 1. The molecule has 7 heteroatoms. The first kappa shape index (κ1) is 16.6. The molecule has 0 unspecified atom stereocenters. The van der Waals surface area contributed by atoms with Crippen LogP contribution in [0.3, 0.4) is 0 Å². The molecule has 1 fully saturated rings. The van der Waals surface area contributed by atoms with E-state index in [4.69, 9.17) is 4.52 Å². The molecule has 128 valence electrons. The monoisotopic (exact) mass is 333 g/mol. The van der Waals surface area contributed by atoms with Gasteiger partial charge in [0, 0.05) is 37.8 Å². The van der Waals surface area contributed by atoms with Gasteiger partial charge in [0.2, 0.25) is 0 Å². The third kappa shape index (κ3) is 3.63. The molecule has 2 aromatic rings. The highest BCUT2D eigenvalue weighted by molar-refractivity contribution is 5.86. The number of hydrogen-bond acceptors (Lipinski definition) is 5. The van der Waals surface area contributed by atoms with Gasteiger partial charge < -0.3 is 19.8 Å². The summed E-state index contributed by atoms with van der Waals surface area (Å²) in [6.07, 6.45) is 2.52. The van der Waals surface area contributed by atoms with Crippen molar-refractivity contribution in [1.29, 1.82) is 0 Å². The molecule has 0 radical (unpaired) electrons. The van der Waals surface area contributed by atoms with E-state index >= 15 is 0 Å². The molecular weight excluding hydrogens is 313 g/mol. The zero-order chi connectivity index (χ0) is 17.0. The van der Waals surface area contributed by atoms with Crippen LogP contribution in [0.5, 0.6) is 0 Å². The lowest BCUT2D eigenvalue weighted by Gasteiger charge is -2.38. The van der Waals surface area contributed by atoms with E-state index < -0.39 is 5.60 Å². The molecule has 2 heterocycles. The van der Waals surface area contributed by atoms with Gasteiger partial charge in [-0.05, 0) is 18.9 Å². The van der Waals surface area contributed by atoms with Gasteiger partial charge in [0.15, 0.2) is 5.60 Å². The van der Waals surface area contributed by atoms with E-state index in [1.165, 1.54) is 17.2 Å². The minimum absolute atomic E-state index is 0.118. The normalized spacial score (nSPS) is 21.2. The summed E-state index contributed by atoms with van der Waals surface area (Å²) in [5.74, 6) is -0.715. The van der Waals surface area contributed by atoms with Crippen molar-refractivity contribution < 1.29 is 18.8 Å². The van der Waals surface area contributed by atoms with Gasteiger partial charge in [-0.2, -0.15) is 0 Å². The van der Waals surface area contributed by atoms with E-state index in [2.05, 4.69) is 10.5 Å². The number of piperidine rings is 1. The molecule has 1 aliphatic heterocycles. The smallest absolute Gasteiger partial charge is 0.256 e. The molecule has 0 saturated carbocycles. The van der Waals surface area contributed by atoms with Crippen LogP contribution in [0.25, 0.3) is 0 Å². The minimum atomic E-state index is -1.48. The van der Waals surface area contributed by atoms with Crippen molar-refractivity contribution >= 4 is 5.91 Å². The van der Waals surface area contributed by atoms with Crippen LogP contribution in [0, 0.1) is 5.82 Å². The lowest BCUT2D eigenvalue weighted by molar-refractivity contribution is -0.157. The van der Waals surface area contributed by atoms with Crippen LogP contribution in [0.2, 0.25) is 0 Å². The fourth-order valence-electron chi connectivity index (χ4n) is 2.94. The number of nitrogens with zero attached hydrogens (tertiary/aromatic N) is 2. The Balaban J connectivity index is 1.62. The van der Waals surface area contributed by atoms with Gasteiger partial charge in [-0.1, -0.05) is 23.4 Å². The zero-order valence-corrected chi connectivity index (χ0v) is 13.2. The number of benzene rings is 1. The first-order valence-corrected chi connectivity index (χ1v) is 7.94. The highest BCUT2D eigenvalue weighted by Crippen LogP contribution is 2.24. The standard InChI is InChI=1S/C17H20FN3O3/c18-15-5-2-1-4-13(15)11-21-8-3-7-17(23,16(21)22)12-19-10-14-6-9-24-20-14/h1-2,4-6,9,19,23H,3,7-8,10-12H2/t17-/m1/s1. The van der Waals surface area contributed by atoms with Crippen LogP contribution < -0.4 is 5.32 Å². The predicted molar refractivity (Wildman–Crippen MR) is 84.2 cm³/mol. The zero-order valence-electron chi connectivity index (χ0n) is 13.2. The van der Waals surface area contributed by atoms with Crippen molar-refractivity contribution in [3.8, 4) is 0 Å². The maximum Gasteiger partial charge on any atom is 0.256 e. The maximum atomic E-state index is 13.8. The largest absolute Gasteiger partial charge is 0.379 e. The quantitative estimate of drug-likeness (QED) is 0.837. The van der Waals surface area contributed by atoms with Crippen molar-refractivity contribution in [3.63, 3.8) is 0 Å². The number of amides is 1. The second-order valence-corrected chi connectivity index (χ2v) is 6.05. The predicted octanol–water partition coefficient (Wildman–Crippen LogP) is 1.46. The summed E-state index contributed by atoms with van der Waals surface area (Å²) in [4.78, 5) is 14.1. The molecule has 24 heavy (non-hydrogen) atoms. The molecule has 2 N–H and O–H groups in total. The fourth-order valence-corrected chi connectivity index (χ4v) is 2.94. The molecule has 1 aromatic carbocycles. The molecule has 1 aliphatic rings. The molecule has 0 aliphatic carbocycles. The van der Waals surface area contributed by atoms with E-state index in [0.29, 0.717) is 37.2 Å². The lowest BCUT2D eigenvalue weighted by atomic mass is 9.91. The van der Waals surface area contributed by atoms with E-state index in [1.54, 1.807) is 24.3 Å². The van der Waals surface area contributed by atoms with Crippen LogP contribution in [0.1, 0.15) is 24.1 Å². The van der Waals surface area contributed by atoms with Crippen molar-refractivity contribution in [1.82, 2.24) is 15.4 Å². The SMILES string of the molecule is O=C1N(Cc2ccccc2F)CCC[C@@]1(O)CNCc1ccon1. The number of halogens is 1. The molecule has 0 spiro atoms. The van der Waals surface area contributed by atoms with Crippen molar-refractivity contribution in [3.05, 3.63) is 53.7 Å². The average Bonchev–Trinajstić information content (AvgIpc) is 3.07. The van der Waals surface area contributed by atoms with Gasteiger partial charge in [-0.15, -0.1) is 0 Å². The summed E-state index contributed by atoms with van der Waals surface area (Å²) >= 11 is 0. The van der Waals surface area contributed by atoms with E-state index in [1.807, 2.05) is 0 Å². The molecule has 0 bridgehead atoms. The molecule has 1 aromatic heterocycles. The third-order valence-electron chi connectivity index (χ3n) is 4.24. The second kappa shape index (κ2) is 7.11. The Morgan fingerprint density at radius 2 is 2.21 bits per heavy atom. The Morgan fingerprint density at radius 3 is 2.96 bits per heavy atom. The van der Waals surface area contributed by atoms with Gasteiger partial charge in [0.25, 0.3) is 5.91 Å². The molecular formula is C17H20FN3O3. The Kier molecular flexibility index (Phi) is 4.92. The highest BCUT2D eigenvalue weighted by atomic mass is 19.1. The van der Waals surface area contributed by atoms with E-state index in [9.17, 15) is 14.3 Å². The number of hydrogen-bond donors (Lipinski definition) is 2. The first-order valence-electron chi connectivity index (χ1n) is 7.94. The number of carbonyl (C=O) groups excluding carboxylic acids is 1. The van der Waals surface area contributed by atoms with Crippen LogP contribution in [-0.4, -0.2) is 39.8 Å². The van der Waals surface area contributed by atoms with E-state index in [0.717, 1.165) is 0 Å². The third-order valence-corrected chi connectivity index (χ3v) is 4.24. The molecule has 3 rings (SSSR count). The van der Waals surface area contributed by atoms with Crippen molar-refractivity contribution in [2.45, 2.75) is 31.5 Å². The molecule has 1 atom stereocenters. The number of carbonyl (C=O) groups is 1. The molecule has 1 saturated heterocycles. The van der Waals surface area contributed by atoms with Crippen LogP contribution in [0.15, 0.2) is 41.1 Å². The van der Waals surface area contributed by atoms with Crippen LogP contribution in [-0.2, 0) is 17.9 Å². The van der Waals surface area contributed by atoms with Gasteiger partial charge in [-0.25, -0.2) is 4.39 Å². The van der Waals surface area contributed by atoms with Gasteiger partial charge in [-0.3, -0.25) is 4.79 Å². The minimum Gasteiger partial charge on any atom is -0.379 e. The Hall–Kier alpha value is -2.25. The lowest BCUT2D eigenvalue weighted by Crippen LogP contribution is -2.57. The van der Waals surface area contributed by atoms with Crippen molar-refractivity contribution in [2.75, 3.05) is 13.1 Å². The fraction of sp³-hybridized carbons (Fsp3) is 0.412. The number of rotatable bonds is 6. The summed E-state index contributed by atoms with van der Waals surface area (Å²) in [5.41, 5.74) is -0.330. The number of aliphatic hydroxyl groups is 1. The summed E-state index contributed by atoms with van der Waals surface area (Å²) < 4.78 is 18.5. The molecule has 1 amide bonds. The van der Waals surface area contributed by atoms with Crippen LogP contribution in [0.4, 0.5) is 4.39 Å². The Bertz CT molecular complexity index is 692. The maximum absolute atomic E-state index is 13.8. The summed E-state index contributed by atoms with van der Waals surface area (Å²) in [6.45, 7) is 1.20. The molecule has 6 nitrogen and oxygen atoms in total. The summed E-state index contributed by atoms with van der Waals surface area (Å²) in [5, 5.41) is 17.5. The Morgan fingerprint density at radius 1 is 1.38 bits per heavy atom. The van der Waals surface area contributed by atoms with Gasteiger partial charge in [0.05, 0.1) is 5.69 Å². The van der Waals surface area contributed by atoms with Crippen molar-refractivity contribution in [2.24, 2.45) is 0 Å². The number of likely N-dealkylation sites (tertiary alicyclic amines) is 1. The summed E-state index contributed by atoms with van der Waals surface area (Å²) in [6, 6.07) is 8.08. The first-order chi connectivity index (χ1) is 11.6. The average molecular weight is 333 g/mol.